The van der Waals surface area contributed by atoms with Gasteiger partial charge >= 0.3 is 0 Å². The average Bonchev–Trinajstić information content (AvgIpc) is 2.38. The molecule has 0 spiro atoms. The van der Waals surface area contributed by atoms with Gasteiger partial charge < -0.3 is 15.2 Å². The van der Waals surface area contributed by atoms with Gasteiger partial charge in [0.2, 0.25) is 0 Å². The first-order chi connectivity index (χ1) is 9.10. The summed E-state index contributed by atoms with van der Waals surface area (Å²) >= 11 is 0. The number of halogens is 2. The third kappa shape index (κ3) is 3.13. The van der Waals surface area contributed by atoms with Crippen molar-refractivity contribution in [2.24, 2.45) is 0 Å². The van der Waals surface area contributed by atoms with Crippen LogP contribution < -0.4 is 15.2 Å². The summed E-state index contributed by atoms with van der Waals surface area (Å²) in [4.78, 5) is 0. The summed E-state index contributed by atoms with van der Waals surface area (Å²) in [6.45, 7) is 0.0801. The molecule has 0 amide bonds. The zero-order valence-corrected chi connectivity index (χ0v) is 10.3. The van der Waals surface area contributed by atoms with E-state index in [0.717, 1.165) is 12.1 Å². The number of hydrogen-bond donors (Lipinski definition) is 1. The van der Waals surface area contributed by atoms with E-state index in [-0.39, 0.29) is 12.4 Å². The number of hydrogen-bond acceptors (Lipinski definition) is 3. The highest BCUT2D eigenvalue weighted by atomic mass is 19.1. The second-order valence-corrected chi connectivity index (χ2v) is 3.93. The Kier molecular flexibility index (Phi) is 3.85. The van der Waals surface area contributed by atoms with Crippen molar-refractivity contribution in [1.29, 1.82) is 0 Å². The Balaban J connectivity index is 2.16. The van der Waals surface area contributed by atoms with E-state index in [9.17, 15) is 8.78 Å². The molecule has 0 atom stereocenters. The monoisotopic (exact) mass is 265 g/mol. The number of rotatable bonds is 4. The van der Waals surface area contributed by atoms with E-state index < -0.39 is 11.6 Å². The summed E-state index contributed by atoms with van der Waals surface area (Å²) in [5.41, 5.74) is 6.91. The van der Waals surface area contributed by atoms with E-state index >= 15 is 0 Å². The molecule has 2 rings (SSSR count). The van der Waals surface area contributed by atoms with Crippen molar-refractivity contribution >= 4 is 5.69 Å². The smallest absolute Gasteiger partial charge is 0.167 e. The molecule has 0 heterocycles. The predicted molar refractivity (Wildman–Crippen MR) is 68.1 cm³/mol. The molecular formula is C14H13F2NO2. The zero-order valence-electron chi connectivity index (χ0n) is 10.3. The molecule has 0 saturated carbocycles. The highest BCUT2D eigenvalue weighted by Crippen LogP contribution is 2.24. The lowest BCUT2D eigenvalue weighted by Gasteiger charge is -2.11. The Morgan fingerprint density at radius 2 is 1.79 bits per heavy atom. The molecule has 0 saturated heterocycles. The van der Waals surface area contributed by atoms with Crippen LogP contribution in [-0.4, -0.2) is 7.11 Å². The fraction of sp³-hybridized carbons (Fsp3) is 0.143. The van der Waals surface area contributed by atoms with Gasteiger partial charge in [0.05, 0.1) is 7.11 Å². The zero-order chi connectivity index (χ0) is 13.8. The molecule has 0 radical (unpaired) electrons. The van der Waals surface area contributed by atoms with Crippen molar-refractivity contribution < 1.29 is 18.3 Å². The van der Waals surface area contributed by atoms with Gasteiger partial charge in [-0.2, -0.15) is 0 Å². The minimum Gasteiger partial charge on any atom is -0.496 e. The van der Waals surface area contributed by atoms with Gasteiger partial charge in [0.25, 0.3) is 0 Å². The molecule has 0 bridgehead atoms. The number of benzene rings is 2. The topological polar surface area (TPSA) is 44.5 Å². The average molecular weight is 265 g/mol. The number of nitrogens with two attached hydrogens (primary N) is 1. The van der Waals surface area contributed by atoms with E-state index in [1.54, 1.807) is 18.2 Å². The molecule has 2 aromatic carbocycles. The normalized spacial score (nSPS) is 10.3. The van der Waals surface area contributed by atoms with Crippen LogP contribution in [0, 0.1) is 11.6 Å². The van der Waals surface area contributed by atoms with Crippen LogP contribution in [0.3, 0.4) is 0 Å². The summed E-state index contributed by atoms with van der Waals surface area (Å²) < 4.78 is 36.6. The van der Waals surface area contributed by atoms with Crippen LogP contribution in [0.5, 0.6) is 11.5 Å². The lowest BCUT2D eigenvalue weighted by atomic mass is 10.2. The van der Waals surface area contributed by atoms with E-state index in [2.05, 4.69) is 0 Å². The first kappa shape index (κ1) is 13.1. The van der Waals surface area contributed by atoms with Crippen LogP contribution in [0.15, 0.2) is 36.4 Å². The first-order valence-electron chi connectivity index (χ1n) is 5.60. The Bertz CT molecular complexity index is 588. The van der Waals surface area contributed by atoms with Crippen molar-refractivity contribution in [1.82, 2.24) is 0 Å². The van der Waals surface area contributed by atoms with Crippen molar-refractivity contribution in [2.45, 2.75) is 6.61 Å². The van der Waals surface area contributed by atoms with Crippen LogP contribution in [0.1, 0.15) is 5.56 Å². The fourth-order valence-corrected chi connectivity index (χ4v) is 1.66. The molecule has 5 heteroatoms. The van der Waals surface area contributed by atoms with Gasteiger partial charge in [-0.25, -0.2) is 8.78 Å². The Morgan fingerprint density at radius 3 is 2.47 bits per heavy atom. The largest absolute Gasteiger partial charge is 0.496 e. The molecule has 0 aromatic heterocycles. The van der Waals surface area contributed by atoms with Gasteiger partial charge in [-0.05, 0) is 30.3 Å². The molecule has 0 aliphatic rings. The molecular weight excluding hydrogens is 252 g/mol. The van der Waals surface area contributed by atoms with Crippen molar-refractivity contribution in [2.75, 3.05) is 12.8 Å². The molecule has 0 unspecified atom stereocenters. The van der Waals surface area contributed by atoms with Gasteiger partial charge in [-0.3, -0.25) is 0 Å². The lowest BCUT2D eigenvalue weighted by Crippen LogP contribution is -2.01. The molecule has 0 aliphatic carbocycles. The molecule has 100 valence electrons. The second kappa shape index (κ2) is 5.56. The third-order valence-electron chi connectivity index (χ3n) is 2.58. The molecule has 3 nitrogen and oxygen atoms in total. The van der Waals surface area contributed by atoms with Gasteiger partial charge in [-0.15, -0.1) is 0 Å². The molecule has 2 N–H and O–H groups in total. The molecule has 2 aromatic rings. The maximum absolute atomic E-state index is 13.4. The van der Waals surface area contributed by atoms with Crippen molar-refractivity contribution in [3.8, 4) is 11.5 Å². The summed E-state index contributed by atoms with van der Waals surface area (Å²) in [5.74, 6) is -0.822. The van der Waals surface area contributed by atoms with Gasteiger partial charge in [0.1, 0.15) is 18.2 Å². The van der Waals surface area contributed by atoms with Crippen molar-refractivity contribution in [3.05, 3.63) is 53.6 Å². The number of ether oxygens (including phenoxy) is 2. The summed E-state index contributed by atoms with van der Waals surface area (Å²) in [6, 6.07) is 8.22. The maximum atomic E-state index is 13.4. The maximum Gasteiger partial charge on any atom is 0.167 e. The van der Waals surface area contributed by atoms with Crippen LogP contribution in [0.2, 0.25) is 0 Å². The first-order valence-corrected chi connectivity index (χ1v) is 5.60. The minimum atomic E-state index is -0.747. The van der Waals surface area contributed by atoms with Crippen LogP contribution in [-0.2, 0) is 6.61 Å². The summed E-state index contributed by atoms with van der Waals surface area (Å²) in [7, 11) is 1.52. The van der Waals surface area contributed by atoms with Gasteiger partial charge in [0.15, 0.2) is 11.6 Å². The SMILES string of the molecule is COc1ccc(N)cc1COc1ccc(F)cc1F. The minimum absolute atomic E-state index is 0.0223. The van der Waals surface area contributed by atoms with E-state index in [1.807, 2.05) is 0 Å². The summed E-state index contributed by atoms with van der Waals surface area (Å²) in [6.07, 6.45) is 0. The molecule has 19 heavy (non-hydrogen) atoms. The Hall–Kier alpha value is -2.30. The third-order valence-corrected chi connectivity index (χ3v) is 2.58. The van der Waals surface area contributed by atoms with Crippen molar-refractivity contribution in [3.63, 3.8) is 0 Å². The Morgan fingerprint density at radius 1 is 1.05 bits per heavy atom. The molecule has 0 aliphatic heterocycles. The standard InChI is InChI=1S/C14H13F2NO2/c1-18-13-5-3-11(17)6-9(13)8-19-14-4-2-10(15)7-12(14)16/h2-7H,8,17H2,1H3. The highest BCUT2D eigenvalue weighted by molar-refractivity contribution is 5.47. The fourth-order valence-electron chi connectivity index (χ4n) is 1.66. The molecule has 0 fully saturated rings. The second-order valence-electron chi connectivity index (χ2n) is 3.93. The van der Waals surface area contributed by atoms with E-state index in [4.69, 9.17) is 15.2 Å². The number of nitrogen functional groups attached to an aromatic ring is 1. The highest BCUT2D eigenvalue weighted by Gasteiger charge is 2.08. The van der Waals surface area contributed by atoms with Crippen LogP contribution in [0.4, 0.5) is 14.5 Å². The lowest BCUT2D eigenvalue weighted by molar-refractivity contribution is 0.282. The van der Waals surface area contributed by atoms with Gasteiger partial charge in [-0.1, -0.05) is 0 Å². The summed E-state index contributed by atoms with van der Waals surface area (Å²) in [5, 5.41) is 0. The van der Waals surface area contributed by atoms with Crippen LogP contribution in [0.25, 0.3) is 0 Å². The number of methoxy groups -OCH3 is 1. The van der Waals surface area contributed by atoms with Crippen LogP contribution >= 0.6 is 0 Å². The quantitative estimate of drug-likeness (QED) is 0.864. The Labute approximate surface area is 109 Å². The van der Waals surface area contributed by atoms with E-state index in [1.165, 1.54) is 13.2 Å². The van der Waals surface area contributed by atoms with Gasteiger partial charge in [0, 0.05) is 17.3 Å². The predicted octanol–water partition coefficient (Wildman–Crippen LogP) is 3.13. The van der Waals surface area contributed by atoms with E-state index in [0.29, 0.717) is 17.0 Å². The number of anilines is 1.